The molecule has 3 aromatic carbocycles. The second-order valence-corrected chi connectivity index (χ2v) is 10.7. The van der Waals surface area contributed by atoms with Crippen LogP contribution in [0.4, 0.5) is 0 Å². The fraction of sp³-hybridized carbons (Fsp3) is 0.344. The molecule has 1 nitrogen and oxygen atoms in total. The van der Waals surface area contributed by atoms with E-state index in [9.17, 15) is 0 Å². The van der Waals surface area contributed by atoms with Gasteiger partial charge >= 0.3 is 0 Å². The van der Waals surface area contributed by atoms with Crippen LogP contribution in [0, 0.1) is 12.8 Å². The van der Waals surface area contributed by atoms with Crippen molar-refractivity contribution < 1.29 is 0 Å². The molecule has 1 heterocycles. The van der Waals surface area contributed by atoms with E-state index in [2.05, 4.69) is 81.6 Å². The molecule has 4 aromatic rings. The highest BCUT2D eigenvalue weighted by Gasteiger charge is 2.25. The first-order valence-corrected chi connectivity index (χ1v) is 12.7. The first kappa shape index (κ1) is 20.7. The van der Waals surface area contributed by atoms with Crippen molar-refractivity contribution in [3.63, 3.8) is 0 Å². The van der Waals surface area contributed by atoms with Gasteiger partial charge in [0.15, 0.2) is 0 Å². The summed E-state index contributed by atoms with van der Waals surface area (Å²) in [5.41, 5.74) is 12.5. The van der Waals surface area contributed by atoms with Gasteiger partial charge in [-0.25, -0.2) is 0 Å². The summed E-state index contributed by atoms with van der Waals surface area (Å²) < 4.78 is 0. The molecule has 0 N–H and O–H groups in total. The highest BCUT2D eigenvalue weighted by atomic mass is 14.7. The van der Waals surface area contributed by atoms with Gasteiger partial charge in [-0.05, 0) is 107 Å². The minimum absolute atomic E-state index is 0.650. The van der Waals surface area contributed by atoms with Gasteiger partial charge in [0.05, 0.1) is 5.69 Å². The van der Waals surface area contributed by atoms with Gasteiger partial charge < -0.3 is 0 Å². The van der Waals surface area contributed by atoms with E-state index in [0.29, 0.717) is 11.8 Å². The zero-order valence-corrected chi connectivity index (χ0v) is 20.1. The zero-order valence-electron chi connectivity index (χ0n) is 20.1. The van der Waals surface area contributed by atoms with Crippen LogP contribution in [0.15, 0.2) is 60.8 Å². The molecule has 6 rings (SSSR count). The Morgan fingerprint density at radius 3 is 2.48 bits per heavy atom. The molecule has 166 valence electrons. The first-order chi connectivity index (χ1) is 16.1. The van der Waals surface area contributed by atoms with Crippen LogP contribution in [0.1, 0.15) is 73.3 Å². The largest absolute Gasteiger partial charge is 0.256 e. The average molecular weight is 432 g/mol. The molecule has 1 fully saturated rings. The molecular formula is C32H33N. The fourth-order valence-corrected chi connectivity index (χ4v) is 6.34. The van der Waals surface area contributed by atoms with Crippen molar-refractivity contribution in [3.8, 4) is 22.4 Å². The summed E-state index contributed by atoms with van der Waals surface area (Å²) in [5, 5.41) is 2.77. The van der Waals surface area contributed by atoms with Crippen molar-refractivity contribution in [2.75, 3.05) is 0 Å². The van der Waals surface area contributed by atoms with E-state index < -0.39 is 0 Å². The minimum Gasteiger partial charge on any atom is -0.256 e. The van der Waals surface area contributed by atoms with Crippen LogP contribution in [0.5, 0.6) is 0 Å². The van der Waals surface area contributed by atoms with Crippen LogP contribution in [0.3, 0.4) is 0 Å². The van der Waals surface area contributed by atoms with Crippen LogP contribution in [0.25, 0.3) is 33.2 Å². The summed E-state index contributed by atoms with van der Waals surface area (Å²) >= 11 is 0. The van der Waals surface area contributed by atoms with Crippen molar-refractivity contribution in [1.29, 1.82) is 0 Å². The molecule has 1 aromatic heterocycles. The number of benzene rings is 3. The molecule has 1 saturated carbocycles. The highest BCUT2D eigenvalue weighted by molar-refractivity contribution is 5.99. The van der Waals surface area contributed by atoms with Gasteiger partial charge in [-0.3, -0.25) is 4.98 Å². The Bertz CT molecular complexity index is 1350. The Hall–Kier alpha value is -2.93. The van der Waals surface area contributed by atoms with Crippen molar-refractivity contribution in [2.24, 2.45) is 5.92 Å². The maximum Gasteiger partial charge on any atom is 0.0783 e. The lowest BCUT2D eigenvalue weighted by atomic mass is 9.86. The molecule has 0 unspecified atom stereocenters. The molecular weight excluding hydrogens is 398 g/mol. The van der Waals surface area contributed by atoms with E-state index in [1.165, 1.54) is 81.1 Å². The van der Waals surface area contributed by atoms with Gasteiger partial charge in [0.25, 0.3) is 0 Å². The Balaban J connectivity index is 1.60. The third-order valence-corrected chi connectivity index (χ3v) is 7.73. The molecule has 0 amide bonds. The zero-order chi connectivity index (χ0) is 22.5. The molecule has 2 aliphatic carbocycles. The number of rotatable bonds is 4. The predicted molar refractivity (Wildman–Crippen MR) is 140 cm³/mol. The van der Waals surface area contributed by atoms with Gasteiger partial charge in [-0.1, -0.05) is 63.1 Å². The molecule has 0 radical (unpaired) electrons. The van der Waals surface area contributed by atoms with E-state index in [1.54, 1.807) is 5.56 Å². The number of hydrogen-bond acceptors (Lipinski definition) is 1. The quantitative estimate of drug-likeness (QED) is 0.277. The molecule has 0 aliphatic heterocycles. The van der Waals surface area contributed by atoms with Gasteiger partial charge in [0, 0.05) is 17.1 Å². The molecule has 0 spiro atoms. The van der Waals surface area contributed by atoms with Crippen molar-refractivity contribution in [1.82, 2.24) is 4.98 Å². The van der Waals surface area contributed by atoms with Crippen LogP contribution < -0.4 is 0 Å². The van der Waals surface area contributed by atoms with Gasteiger partial charge in [-0.15, -0.1) is 0 Å². The summed E-state index contributed by atoms with van der Waals surface area (Å²) in [4.78, 5) is 5.05. The van der Waals surface area contributed by atoms with Crippen LogP contribution in [-0.4, -0.2) is 4.98 Å². The number of aromatic nitrogens is 1. The molecule has 0 saturated heterocycles. The van der Waals surface area contributed by atoms with E-state index in [1.807, 2.05) is 0 Å². The van der Waals surface area contributed by atoms with E-state index >= 15 is 0 Å². The van der Waals surface area contributed by atoms with Crippen LogP contribution in [-0.2, 0) is 12.8 Å². The summed E-state index contributed by atoms with van der Waals surface area (Å²) in [6.45, 7) is 6.88. The molecule has 1 heteroatoms. The molecule has 33 heavy (non-hydrogen) atoms. The summed E-state index contributed by atoms with van der Waals surface area (Å²) in [5.74, 6) is 1.35. The van der Waals surface area contributed by atoms with E-state index in [0.717, 1.165) is 12.8 Å². The second-order valence-electron chi connectivity index (χ2n) is 10.7. The Kier molecular flexibility index (Phi) is 5.09. The molecule has 2 aliphatic rings. The third kappa shape index (κ3) is 3.59. The number of aryl methyl sites for hydroxylation is 1. The van der Waals surface area contributed by atoms with E-state index in [-0.39, 0.29) is 0 Å². The SMILES string of the molecule is Cc1cc2c(c(-c3nccc4c(C5CCCC5)cc(CC(C)C)cc34)c1)Cc1ccccc1-2. The summed E-state index contributed by atoms with van der Waals surface area (Å²) in [7, 11) is 0. The predicted octanol–water partition coefficient (Wildman–Crippen LogP) is 8.64. The standard InChI is InChI=1S/C32H33N/c1-20(2)14-22-17-27(23-8-4-5-9-23)26-12-13-33-32(31(26)18-22)30-16-21(3)15-28-25-11-7-6-10-24(25)19-29(28)30/h6-7,10-13,15-18,20,23H,4-5,8-9,14,19H2,1-3H3. The third-order valence-electron chi connectivity index (χ3n) is 7.73. The second kappa shape index (κ2) is 8.13. The van der Waals surface area contributed by atoms with Gasteiger partial charge in [-0.2, -0.15) is 0 Å². The van der Waals surface area contributed by atoms with Crippen molar-refractivity contribution >= 4 is 10.8 Å². The highest BCUT2D eigenvalue weighted by Crippen LogP contribution is 2.45. The van der Waals surface area contributed by atoms with Gasteiger partial charge in [0.1, 0.15) is 0 Å². The average Bonchev–Trinajstić information content (AvgIpc) is 3.46. The summed E-state index contributed by atoms with van der Waals surface area (Å²) in [6.07, 6.45) is 9.56. The van der Waals surface area contributed by atoms with Crippen LogP contribution in [0.2, 0.25) is 0 Å². The lowest BCUT2D eigenvalue weighted by Gasteiger charge is -2.19. The Morgan fingerprint density at radius 1 is 0.879 bits per heavy atom. The van der Waals surface area contributed by atoms with E-state index in [4.69, 9.17) is 4.98 Å². The maximum absolute atomic E-state index is 5.05. The first-order valence-electron chi connectivity index (χ1n) is 12.7. The Morgan fingerprint density at radius 2 is 1.67 bits per heavy atom. The Labute approximate surface area is 197 Å². The number of pyridine rings is 1. The van der Waals surface area contributed by atoms with Crippen molar-refractivity contribution in [3.05, 3.63) is 88.6 Å². The number of fused-ring (bicyclic) bond motifs is 4. The smallest absolute Gasteiger partial charge is 0.0783 e. The molecule has 0 atom stereocenters. The topological polar surface area (TPSA) is 12.9 Å². The monoisotopic (exact) mass is 431 g/mol. The minimum atomic E-state index is 0.650. The maximum atomic E-state index is 5.05. The number of hydrogen-bond donors (Lipinski definition) is 0. The van der Waals surface area contributed by atoms with Gasteiger partial charge in [0.2, 0.25) is 0 Å². The fourth-order valence-electron chi connectivity index (χ4n) is 6.34. The number of nitrogens with zero attached hydrogens (tertiary/aromatic N) is 1. The van der Waals surface area contributed by atoms with Crippen LogP contribution >= 0.6 is 0 Å². The summed E-state index contributed by atoms with van der Waals surface area (Å²) in [6, 6.07) is 20.9. The normalized spacial score (nSPS) is 15.4. The lowest BCUT2D eigenvalue weighted by Crippen LogP contribution is -2.01. The van der Waals surface area contributed by atoms with Crippen molar-refractivity contribution in [2.45, 2.75) is 65.2 Å². The lowest BCUT2D eigenvalue weighted by molar-refractivity contribution is 0.645. The molecule has 0 bridgehead atoms.